The van der Waals surface area contributed by atoms with Gasteiger partial charge in [-0.3, -0.25) is 9.59 Å². The van der Waals surface area contributed by atoms with E-state index in [1.54, 1.807) is 38.4 Å². The van der Waals surface area contributed by atoms with Crippen LogP contribution in [0, 0.1) is 0 Å². The van der Waals surface area contributed by atoms with E-state index in [0.29, 0.717) is 22.7 Å². The van der Waals surface area contributed by atoms with E-state index in [2.05, 4.69) is 5.32 Å². The molecular formula is C18H19ClN2O4. The van der Waals surface area contributed by atoms with Crippen molar-refractivity contribution in [2.24, 2.45) is 0 Å². The quantitative estimate of drug-likeness (QED) is 0.886. The number of nitrogens with one attached hydrogen (secondary N) is 1. The van der Waals surface area contributed by atoms with Crippen LogP contribution < -0.4 is 14.8 Å². The van der Waals surface area contributed by atoms with Gasteiger partial charge in [0.15, 0.2) is 11.5 Å². The van der Waals surface area contributed by atoms with E-state index in [9.17, 15) is 9.59 Å². The molecule has 0 radical (unpaired) electrons. The Bertz CT molecular complexity index is 806. The Labute approximate surface area is 151 Å². The topological polar surface area (TPSA) is 67.9 Å². The number of anilines is 1. The van der Waals surface area contributed by atoms with Gasteiger partial charge in [-0.25, -0.2) is 0 Å². The molecule has 0 aromatic heterocycles. The highest BCUT2D eigenvalue weighted by molar-refractivity contribution is 6.32. The van der Waals surface area contributed by atoms with Crippen LogP contribution in [0.4, 0.5) is 5.69 Å². The van der Waals surface area contributed by atoms with Gasteiger partial charge in [0.25, 0.3) is 11.8 Å². The van der Waals surface area contributed by atoms with Crippen LogP contribution >= 0.6 is 11.6 Å². The van der Waals surface area contributed by atoms with Gasteiger partial charge in [-0.1, -0.05) is 23.7 Å². The van der Waals surface area contributed by atoms with E-state index < -0.39 is 5.91 Å². The van der Waals surface area contributed by atoms with E-state index >= 15 is 0 Å². The summed E-state index contributed by atoms with van der Waals surface area (Å²) >= 11 is 6.14. The average molecular weight is 363 g/mol. The number of hydrogen-bond acceptors (Lipinski definition) is 4. The summed E-state index contributed by atoms with van der Waals surface area (Å²) in [6.07, 6.45) is 0. The molecule has 2 amide bonds. The van der Waals surface area contributed by atoms with Gasteiger partial charge in [0, 0.05) is 19.7 Å². The predicted molar refractivity (Wildman–Crippen MR) is 97.0 cm³/mol. The summed E-state index contributed by atoms with van der Waals surface area (Å²) in [5.74, 6) is 0.0739. The lowest BCUT2D eigenvalue weighted by Gasteiger charge is -2.15. The third kappa shape index (κ3) is 4.03. The predicted octanol–water partition coefficient (Wildman–Crippen LogP) is 3.31. The fourth-order valence-corrected chi connectivity index (χ4v) is 2.55. The van der Waals surface area contributed by atoms with Crippen LogP contribution in [0.25, 0.3) is 0 Å². The molecule has 2 rings (SSSR count). The first-order chi connectivity index (χ1) is 11.9. The second-order valence-electron chi connectivity index (χ2n) is 5.39. The molecule has 0 saturated carbocycles. The van der Waals surface area contributed by atoms with Crippen LogP contribution in [0.15, 0.2) is 36.4 Å². The van der Waals surface area contributed by atoms with Gasteiger partial charge in [-0.2, -0.15) is 0 Å². The minimum absolute atomic E-state index is 0.207. The first-order valence-electron chi connectivity index (χ1n) is 7.42. The maximum absolute atomic E-state index is 12.6. The number of para-hydroxylation sites is 1. The molecule has 0 unspecified atom stereocenters. The Balaban J connectivity index is 2.35. The van der Waals surface area contributed by atoms with E-state index in [0.717, 1.165) is 0 Å². The summed E-state index contributed by atoms with van der Waals surface area (Å²) in [4.78, 5) is 26.3. The molecule has 0 aliphatic carbocycles. The highest BCUT2D eigenvalue weighted by Gasteiger charge is 2.18. The number of hydrogen-bond donors (Lipinski definition) is 1. The van der Waals surface area contributed by atoms with Crippen molar-refractivity contribution < 1.29 is 19.1 Å². The number of carbonyl (C=O) groups is 2. The van der Waals surface area contributed by atoms with Gasteiger partial charge in [-0.15, -0.1) is 0 Å². The summed E-state index contributed by atoms with van der Waals surface area (Å²) in [5, 5.41) is 2.99. The summed E-state index contributed by atoms with van der Waals surface area (Å²) < 4.78 is 10.4. The molecule has 0 atom stereocenters. The van der Waals surface area contributed by atoms with Crippen molar-refractivity contribution in [3.8, 4) is 11.5 Å². The normalized spacial score (nSPS) is 10.1. The molecule has 0 aliphatic rings. The number of rotatable bonds is 5. The smallest absolute Gasteiger partial charge is 0.255 e. The standard InChI is InChI=1S/C18H19ClN2O4/c1-21(2)18(23)12-7-5-6-8-14(12)20-17(22)11-9-13(19)16(25-4)15(10-11)24-3/h5-10H,1-4H3,(H,20,22). The first kappa shape index (κ1) is 18.6. The van der Waals surface area contributed by atoms with Gasteiger partial charge in [-0.05, 0) is 24.3 Å². The number of methoxy groups -OCH3 is 2. The van der Waals surface area contributed by atoms with Crippen molar-refractivity contribution >= 4 is 29.1 Å². The van der Waals surface area contributed by atoms with E-state index in [1.807, 2.05) is 0 Å². The molecule has 0 spiro atoms. The number of ether oxygens (including phenoxy) is 2. The third-order valence-corrected chi connectivity index (χ3v) is 3.79. The maximum Gasteiger partial charge on any atom is 0.255 e. The maximum atomic E-state index is 12.6. The third-order valence-electron chi connectivity index (χ3n) is 3.51. The second kappa shape index (κ2) is 7.90. The molecule has 0 fully saturated rings. The molecule has 0 bridgehead atoms. The van der Waals surface area contributed by atoms with Gasteiger partial charge in [0.1, 0.15) is 0 Å². The Hall–Kier alpha value is -2.73. The van der Waals surface area contributed by atoms with Crippen molar-refractivity contribution in [3.05, 3.63) is 52.5 Å². The minimum atomic E-state index is -0.415. The SMILES string of the molecule is COc1cc(C(=O)Nc2ccccc2C(=O)N(C)C)cc(Cl)c1OC. The molecule has 0 saturated heterocycles. The monoisotopic (exact) mass is 362 g/mol. The van der Waals surface area contributed by atoms with Crippen LogP contribution in [-0.2, 0) is 0 Å². The molecule has 1 N–H and O–H groups in total. The number of amides is 2. The zero-order chi connectivity index (χ0) is 18.6. The number of nitrogens with zero attached hydrogens (tertiary/aromatic N) is 1. The average Bonchev–Trinajstić information content (AvgIpc) is 2.60. The van der Waals surface area contributed by atoms with Crippen LogP contribution in [-0.4, -0.2) is 45.0 Å². The molecule has 6 nitrogen and oxygen atoms in total. The highest BCUT2D eigenvalue weighted by Crippen LogP contribution is 2.36. The van der Waals surface area contributed by atoms with Gasteiger partial charge in [0.2, 0.25) is 0 Å². The second-order valence-corrected chi connectivity index (χ2v) is 5.80. The van der Waals surface area contributed by atoms with Crippen molar-refractivity contribution in [2.45, 2.75) is 0 Å². The van der Waals surface area contributed by atoms with Crippen molar-refractivity contribution in [1.82, 2.24) is 4.90 Å². The number of benzene rings is 2. The molecule has 0 aliphatic heterocycles. The Morgan fingerprint density at radius 3 is 2.36 bits per heavy atom. The molecule has 7 heteroatoms. The number of halogens is 1. The fraction of sp³-hybridized carbons (Fsp3) is 0.222. The number of carbonyl (C=O) groups excluding carboxylic acids is 2. The van der Waals surface area contributed by atoms with Crippen molar-refractivity contribution in [3.63, 3.8) is 0 Å². The molecule has 25 heavy (non-hydrogen) atoms. The summed E-state index contributed by atoms with van der Waals surface area (Å²) in [6, 6.07) is 9.80. The Kier molecular flexibility index (Phi) is 5.88. The lowest BCUT2D eigenvalue weighted by atomic mass is 10.1. The summed E-state index contributed by atoms with van der Waals surface area (Å²) in [7, 11) is 6.22. The first-order valence-corrected chi connectivity index (χ1v) is 7.80. The van der Waals surface area contributed by atoms with Gasteiger partial charge >= 0.3 is 0 Å². The lowest BCUT2D eigenvalue weighted by Crippen LogP contribution is -2.24. The van der Waals surface area contributed by atoms with Crippen LogP contribution in [0.3, 0.4) is 0 Å². The zero-order valence-corrected chi connectivity index (χ0v) is 15.2. The van der Waals surface area contributed by atoms with Crippen LogP contribution in [0.2, 0.25) is 5.02 Å². The molecule has 132 valence electrons. The van der Waals surface area contributed by atoms with Crippen LogP contribution in [0.1, 0.15) is 20.7 Å². The Morgan fingerprint density at radius 1 is 1.08 bits per heavy atom. The van der Waals surface area contributed by atoms with E-state index in [4.69, 9.17) is 21.1 Å². The highest BCUT2D eigenvalue weighted by atomic mass is 35.5. The van der Waals surface area contributed by atoms with Gasteiger partial charge < -0.3 is 19.7 Å². The minimum Gasteiger partial charge on any atom is -0.493 e. The van der Waals surface area contributed by atoms with E-state index in [1.165, 1.54) is 31.3 Å². The summed E-state index contributed by atoms with van der Waals surface area (Å²) in [5.41, 5.74) is 1.10. The Morgan fingerprint density at radius 2 is 1.76 bits per heavy atom. The van der Waals surface area contributed by atoms with Gasteiger partial charge in [0.05, 0.1) is 30.5 Å². The summed E-state index contributed by atoms with van der Waals surface area (Å²) in [6.45, 7) is 0. The molecular weight excluding hydrogens is 344 g/mol. The zero-order valence-electron chi connectivity index (χ0n) is 14.4. The molecule has 2 aromatic rings. The van der Waals surface area contributed by atoms with Crippen LogP contribution in [0.5, 0.6) is 11.5 Å². The fourth-order valence-electron chi connectivity index (χ4n) is 2.26. The largest absolute Gasteiger partial charge is 0.493 e. The van der Waals surface area contributed by atoms with Crippen molar-refractivity contribution in [2.75, 3.05) is 33.6 Å². The van der Waals surface area contributed by atoms with Crippen molar-refractivity contribution in [1.29, 1.82) is 0 Å². The molecule has 0 heterocycles. The lowest BCUT2D eigenvalue weighted by molar-refractivity contribution is 0.0828. The van der Waals surface area contributed by atoms with E-state index in [-0.39, 0.29) is 16.5 Å². The molecule has 2 aromatic carbocycles.